The minimum atomic E-state index is -0.196. The van der Waals surface area contributed by atoms with Gasteiger partial charge < -0.3 is 9.73 Å². The maximum atomic E-state index is 12.2. The fraction of sp³-hybridized carbons (Fsp3) is 0.235. The molecule has 0 fully saturated rings. The average molecular weight is 308 g/mol. The van der Waals surface area contributed by atoms with Crippen molar-refractivity contribution in [2.24, 2.45) is 0 Å². The first-order valence-corrected chi connectivity index (χ1v) is 7.65. The zero-order chi connectivity index (χ0) is 15.6. The lowest BCUT2D eigenvalue weighted by Gasteiger charge is -2.23. The molecule has 116 valence electrons. The van der Waals surface area contributed by atoms with Crippen molar-refractivity contribution in [2.75, 3.05) is 0 Å². The Labute approximate surface area is 133 Å². The Balaban J connectivity index is 1.62. The number of amides is 1. The van der Waals surface area contributed by atoms with Gasteiger partial charge in [0.2, 0.25) is 0 Å². The molecule has 1 aliphatic carbocycles. The molecule has 1 N–H and O–H groups in total. The molecule has 1 aliphatic rings. The molecule has 6 heteroatoms. The Morgan fingerprint density at radius 3 is 3.04 bits per heavy atom. The number of carbonyl (C=O) groups excluding carboxylic acids is 1. The number of furan rings is 1. The summed E-state index contributed by atoms with van der Waals surface area (Å²) in [6, 6.07) is 9.07. The van der Waals surface area contributed by atoms with Crippen LogP contribution in [0, 0.1) is 0 Å². The molecule has 0 spiro atoms. The van der Waals surface area contributed by atoms with Crippen molar-refractivity contribution in [3.8, 4) is 5.82 Å². The number of aromatic nitrogens is 3. The van der Waals surface area contributed by atoms with Gasteiger partial charge >= 0.3 is 0 Å². The molecule has 23 heavy (non-hydrogen) atoms. The second-order valence-electron chi connectivity index (χ2n) is 5.54. The molecule has 1 atom stereocenters. The third-order valence-corrected chi connectivity index (χ3v) is 4.10. The van der Waals surface area contributed by atoms with Crippen LogP contribution in [0.25, 0.3) is 5.82 Å². The van der Waals surface area contributed by atoms with Gasteiger partial charge in [-0.05, 0) is 43.5 Å². The van der Waals surface area contributed by atoms with E-state index in [0.717, 1.165) is 36.3 Å². The highest BCUT2D eigenvalue weighted by Gasteiger charge is 2.27. The van der Waals surface area contributed by atoms with Gasteiger partial charge in [0.1, 0.15) is 0 Å². The minimum absolute atomic E-state index is 0.0474. The molecule has 0 saturated heterocycles. The summed E-state index contributed by atoms with van der Waals surface area (Å²) in [4.78, 5) is 16.6. The van der Waals surface area contributed by atoms with E-state index >= 15 is 0 Å². The average Bonchev–Trinajstić information content (AvgIpc) is 3.26. The van der Waals surface area contributed by atoms with Crippen LogP contribution >= 0.6 is 0 Å². The van der Waals surface area contributed by atoms with Crippen molar-refractivity contribution in [2.45, 2.75) is 25.3 Å². The second kappa shape index (κ2) is 5.72. The van der Waals surface area contributed by atoms with E-state index < -0.39 is 0 Å². The van der Waals surface area contributed by atoms with Crippen LogP contribution in [-0.2, 0) is 6.42 Å². The quantitative estimate of drug-likeness (QED) is 0.807. The highest BCUT2D eigenvalue weighted by atomic mass is 16.3. The number of nitrogens with one attached hydrogen (secondary N) is 1. The summed E-state index contributed by atoms with van der Waals surface area (Å²) >= 11 is 0. The van der Waals surface area contributed by atoms with Crippen LogP contribution < -0.4 is 5.32 Å². The van der Waals surface area contributed by atoms with Crippen molar-refractivity contribution < 1.29 is 9.21 Å². The third kappa shape index (κ3) is 2.52. The fourth-order valence-corrected chi connectivity index (χ4v) is 3.02. The van der Waals surface area contributed by atoms with Gasteiger partial charge in [0.15, 0.2) is 11.6 Å². The second-order valence-corrected chi connectivity index (χ2v) is 5.54. The maximum Gasteiger partial charge on any atom is 0.287 e. The molecule has 0 aromatic carbocycles. The summed E-state index contributed by atoms with van der Waals surface area (Å²) in [5.41, 5.74) is 2.17. The Bertz CT molecular complexity index is 809. The largest absolute Gasteiger partial charge is 0.459 e. The summed E-state index contributed by atoms with van der Waals surface area (Å²) in [5, 5.41) is 7.50. The van der Waals surface area contributed by atoms with Crippen LogP contribution in [-0.4, -0.2) is 20.7 Å². The van der Waals surface area contributed by atoms with E-state index in [1.54, 1.807) is 18.3 Å². The number of nitrogens with zero attached hydrogens (tertiary/aromatic N) is 3. The zero-order valence-corrected chi connectivity index (χ0v) is 12.5. The monoisotopic (exact) mass is 308 g/mol. The fourth-order valence-electron chi connectivity index (χ4n) is 3.02. The normalized spacial score (nSPS) is 16.8. The number of hydrogen-bond acceptors (Lipinski definition) is 4. The molecule has 4 rings (SSSR count). The van der Waals surface area contributed by atoms with Gasteiger partial charge in [-0.1, -0.05) is 6.07 Å². The first-order valence-electron chi connectivity index (χ1n) is 7.65. The smallest absolute Gasteiger partial charge is 0.287 e. The highest BCUT2D eigenvalue weighted by molar-refractivity contribution is 5.91. The molecule has 6 nitrogen and oxygen atoms in total. The Kier molecular flexibility index (Phi) is 3.42. The third-order valence-electron chi connectivity index (χ3n) is 4.10. The van der Waals surface area contributed by atoms with E-state index in [-0.39, 0.29) is 11.9 Å². The van der Waals surface area contributed by atoms with Crippen LogP contribution in [0.5, 0.6) is 0 Å². The van der Waals surface area contributed by atoms with E-state index in [4.69, 9.17) is 4.42 Å². The molecule has 1 amide bonds. The number of carbonyl (C=O) groups is 1. The molecule has 3 heterocycles. The SMILES string of the molecule is O=C(N[C@@H]1CCCc2c1cnn2-c1ccccn1)c1ccco1. The standard InChI is InChI=1S/C17H16N4O2/c22-17(15-7-4-10-23-15)20-13-5-3-6-14-12(13)11-19-21(14)16-8-1-2-9-18-16/h1-2,4,7-11,13H,3,5-6H2,(H,20,22)/t13-/m1/s1. The van der Waals surface area contributed by atoms with E-state index in [9.17, 15) is 4.79 Å². The predicted molar refractivity (Wildman–Crippen MR) is 83.2 cm³/mol. The van der Waals surface area contributed by atoms with Crippen molar-refractivity contribution >= 4 is 5.91 Å². The summed E-state index contributed by atoms with van der Waals surface area (Å²) in [6.45, 7) is 0. The molecule has 0 radical (unpaired) electrons. The van der Waals surface area contributed by atoms with Crippen LogP contribution in [0.4, 0.5) is 0 Å². The topological polar surface area (TPSA) is 73.0 Å². The molecular weight excluding hydrogens is 292 g/mol. The number of fused-ring (bicyclic) bond motifs is 1. The van der Waals surface area contributed by atoms with Gasteiger partial charge in [-0.3, -0.25) is 4.79 Å². The summed E-state index contributed by atoms with van der Waals surface area (Å²) in [5.74, 6) is 0.930. The lowest BCUT2D eigenvalue weighted by molar-refractivity contribution is 0.0904. The summed E-state index contributed by atoms with van der Waals surface area (Å²) in [7, 11) is 0. The van der Waals surface area contributed by atoms with Crippen LogP contribution in [0.3, 0.4) is 0 Å². The van der Waals surface area contributed by atoms with E-state index in [1.165, 1.54) is 6.26 Å². The Hall–Kier alpha value is -2.89. The van der Waals surface area contributed by atoms with Gasteiger partial charge in [0.05, 0.1) is 24.2 Å². The summed E-state index contributed by atoms with van der Waals surface area (Å²) in [6.07, 6.45) is 7.90. The number of rotatable bonds is 3. The van der Waals surface area contributed by atoms with Gasteiger partial charge in [-0.25, -0.2) is 9.67 Å². The van der Waals surface area contributed by atoms with Crippen LogP contribution in [0.15, 0.2) is 53.4 Å². The van der Waals surface area contributed by atoms with Crippen molar-refractivity contribution in [3.05, 3.63) is 66.0 Å². The zero-order valence-electron chi connectivity index (χ0n) is 12.5. The molecule has 3 aromatic heterocycles. The summed E-state index contributed by atoms with van der Waals surface area (Å²) < 4.78 is 7.02. The number of hydrogen-bond donors (Lipinski definition) is 1. The lowest BCUT2D eigenvalue weighted by atomic mass is 9.93. The Morgan fingerprint density at radius 2 is 2.26 bits per heavy atom. The minimum Gasteiger partial charge on any atom is -0.459 e. The van der Waals surface area contributed by atoms with Gasteiger partial charge in [-0.15, -0.1) is 0 Å². The van der Waals surface area contributed by atoms with Gasteiger partial charge in [-0.2, -0.15) is 5.10 Å². The molecule has 0 aliphatic heterocycles. The van der Waals surface area contributed by atoms with Crippen molar-refractivity contribution in [1.82, 2.24) is 20.1 Å². The van der Waals surface area contributed by atoms with Gasteiger partial charge in [0.25, 0.3) is 5.91 Å². The first kappa shape index (κ1) is 13.8. The van der Waals surface area contributed by atoms with Crippen LogP contribution in [0.1, 0.15) is 40.7 Å². The van der Waals surface area contributed by atoms with Gasteiger partial charge in [0, 0.05) is 11.8 Å². The molecule has 0 saturated carbocycles. The van der Waals surface area contributed by atoms with Crippen molar-refractivity contribution in [1.29, 1.82) is 0 Å². The van der Waals surface area contributed by atoms with Crippen LogP contribution in [0.2, 0.25) is 0 Å². The van der Waals surface area contributed by atoms with Crippen molar-refractivity contribution in [3.63, 3.8) is 0 Å². The number of pyridine rings is 1. The molecule has 0 bridgehead atoms. The highest BCUT2D eigenvalue weighted by Crippen LogP contribution is 2.30. The Morgan fingerprint density at radius 1 is 1.30 bits per heavy atom. The van der Waals surface area contributed by atoms with E-state index in [2.05, 4.69) is 15.4 Å². The lowest BCUT2D eigenvalue weighted by Crippen LogP contribution is -2.30. The molecule has 3 aromatic rings. The van der Waals surface area contributed by atoms with E-state index in [0.29, 0.717) is 5.76 Å². The maximum absolute atomic E-state index is 12.2. The molecule has 0 unspecified atom stereocenters. The molecular formula is C17H16N4O2. The predicted octanol–water partition coefficient (Wildman–Crippen LogP) is 2.67. The first-order chi connectivity index (χ1) is 11.3. The van der Waals surface area contributed by atoms with E-state index in [1.807, 2.05) is 29.1 Å².